The van der Waals surface area contributed by atoms with Crippen molar-refractivity contribution < 1.29 is 19.1 Å². The summed E-state index contributed by atoms with van der Waals surface area (Å²) in [5, 5.41) is 7.62. The van der Waals surface area contributed by atoms with Crippen LogP contribution in [-0.4, -0.2) is 47.5 Å². The molecule has 156 valence electrons. The van der Waals surface area contributed by atoms with Crippen molar-refractivity contribution in [2.24, 2.45) is 0 Å². The molecule has 0 spiro atoms. The van der Waals surface area contributed by atoms with Crippen molar-refractivity contribution in [3.8, 4) is 11.5 Å². The molecule has 30 heavy (non-hydrogen) atoms. The zero-order chi connectivity index (χ0) is 21.3. The number of amides is 2. The van der Waals surface area contributed by atoms with Crippen molar-refractivity contribution >= 4 is 28.3 Å². The van der Waals surface area contributed by atoms with Crippen LogP contribution in [0.3, 0.4) is 0 Å². The number of ether oxygens (including phenoxy) is 2. The van der Waals surface area contributed by atoms with Gasteiger partial charge in [-0.2, -0.15) is 0 Å². The molecule has 0 radical (unpaired) electrons. The lowest BCUT2D eigenvalue weighted by Crippen LogP contribution is -2.27. The predicted octanol–water partition coefficient (Wildman–Crippen LogP) is 2.10. The number of thiazole rings is 1. The Morgan fingerprint density at radius 3 is 2.60 bits per heavy atom. The van der Waals surface area contributed by atoms with E-state index < -0.39 is 5.91 Å². The summed E-state index contributed by atoms with van der Waals surface area (Å²) in [4.78, 5) is 36.3. The van der Waals surface area contributed by atoms with Gasteiger partial charge in [0.1, 0.15) is 0 Å². The predicted molar refractivity (Wildman–Crippen MR) is 112 cm³/mol. The number of nitrogens with one attached hydrogen (secondary N) is 2. The van der Waals surface area contributed by atoms with E-state index in [9.17, 15) is 9.59 Å². The molecule has 3 aromatic rings. The summed E-state index contributed by atoms with van der Waals surface area (Å²) < 4.78 is 10.5. The number of aromatic nitrogens is 3. The largest absolute Gasteiger partial charge is 0.493 e. The Bertz CT molecular complexity index is 1010. The lowest BCUT2D eigenvalue weighted by atomic mass is 10.1. The van der Waals surface area contributed by atoms with Gasteiger partial charge in [0.15, 0.2) is 16.6 Å². The standard InChI is InChI=1S/C20H21N5O4S/c1-28-15-5-4-13(10-16(15)29-2)6-9-21-17(26)11-14-12-30-20(24-14)25-19(27)18-22-7-3-8-23-18/h3-5,7-8,10,12H,6,9,11H2,1-2H3,(H,21,26)(H,24,25,27). The van der Waals surface area contributed by atoms with Crippen LogP contribution >= 0.6 is 11.3 Å². The zero-order valence-corrected chi connectivity index (χ0v) is 17.4. The first-order valence-electron chi connectivity index (χ1n) is 9.09. The van der Waals surface area contributed by atoms with Crippen LogP contribution in [0.25, 0.3) is 0 Å². The molecule has 0 unspecified atom stereocenters. The van der Waals surface area contributed by atoms with Gasteiger partial charge in [0, 0.05) is 24.3 Å². The van der Waals surface area contributed by atoms with Gasteiger partial charge in [-0.1, -0.05) is 6.07 Å². The maximum atomic E-state index is 12.2. The van der Waals surface area contributed by atoms with Crippen LogP contribution in [0.5, 0.6) is 11.5 Å². The van der Waals surface area contributed by atoms with Gasteiger partial charge < -0.3 is 14.8 Å². The van der Waals surface area contributed by atoms with Crippen molar-refractivity contribution in [2.45, 2.75) is 12.8 Å². The number of hydrogen-bond donors (Lipinski definition) is 2. The minimum absolute atomic E-state index is 0.0576. The van der Waals surface area contributed by atoms with E-state index in [4.69, 9.17) is 9.47 Å². The number of nitrogens with zero attached hydrogens (tertiary/aromatic N) is 3. The van der Waals surface area contributed by atoms with Crippen LogP contribution in [0, 0.1) is 0 Å². The first-order valence-corrected chi connectivity index (χ1v) is 9.97. The van der Waals surface area contributed by atoms with E-state index in [2.05, 4.69) is 25.6 Å². The van der Waals surface area contributed by atoms with E-state index in [0.717, 1.165) is 5.56 Å². The summed E-state index contributed by atoms with van der Waals surface area (Å²) in [5.41, 5.74) is 1.60. The second-order valence-corrected chi connectivity index (χ2v) is 6.99. The highest BCUT2D eigenvalue weighted by molar-refractivity contribution is 7.14. The summed E-state index contributed by atoms with van der Waals surface area (Å²) in [5.74, 6) is 0.776. The Morgan fingerprint density at radius 1 is 1.10 bits per heavy atom. The number of methoxy groups -OCH3 is 2. The van der Waals surface area contributed by atoms with Crippen LogP contribution in [-0.2, 0) is 17.6 Å². The maximum absolute atomic E-state index is 12.2. The van der Waals surface area contributed by atoms with Crippen molar-refractivity contribution in [1.82, 2.24) is 20.3 Å². The fourth-order valence-electron chi connectivity index (χ4n) is 2.62. The Labute approximate surface area is 177 Å². The summed E-state index contributed by atoms with van der Waals surface area (Å²) >= 11 is 1.24. The molecule has 0 saturated carbocycles. The molecular formula is C20H21N5O4S. The average molecular weight is 427 g/mol. The number of benzene rings is 1. The third-order valence-corrected chi connectivity index (χ3v) is 4.87. The molecule has 2 N–H and O–H groups in total. The van der Waals surface area contributed by atoms with Gasteiger partial charge >= 0.3 is 0 Å². The third-order valence-electron chi connectivity index (χ3n) is 4.07. The first-order chi connectivity index (χ1) is 14.6. The van der Waals surface area contributed by atoms with Crippen molar-refractivity contribution in [3.05, 3.63) is 59.1 Å². The SMILES string of the molecule is COc1ccc(CCNC(=O)Cc2csc(NC(=O)c3ncccn3)n2)cc1OC. The molecule has 2 heterocycles. The Morgan fingerprint density at radius 2 is 1.87 bits per heavy atom. The summed E-state index contributed by atoms with van der Waals surface area (Å²) in [6, 6.07) is 7.28. The normalized spacial score (nSPS) is 10.3. The topological polar surface area (TPSA) is 115 Å². The fraction of sp³-hybridized carbons (Fsp3) is 0.250. The molecule has 9 nitrogen and oxygen atoms in total. The lowest BCUT2D eigenvalue weighted by molar-refractivity contribution is -0.120. The van der Waals surface area contributed by atoms with Gasteiger partial charge in [-0.15, -0.1) is 11.3 Å². The average Bonchev–Trinajstić information content (AvgIpc) is 3.20. The maximum Gasteiger partial charge on any atom is 0.295 e. The molecule has 2 aromatic heterocycles. The molecule has 0 aliphatic rings. The molecule has 0 aliphatic heterocycles. The second kappa shape index (κ2) is 10.3. The Kier molecular flexibility index (Phi) is 7.28. The van der Waals surface area contributed by atoms with Crippen molar-refractivity contribution in [2.75, 3.05) is 26.1 Å². The van der Waals surface area contributed by atoms with Gasteiger partial charge in [0.2, 0.25) is 11.7 Å². The molecule has 0 bridgehead atoms. The number of rotatable bonds is 9. The second-order valence-electron chi connectivity index (χ2n) is 6.14. The molecule has 10 heteroatoms. The molecule has 0 aliphatic carbocycles. The van der Waals surface area contributed by atoms with Crippen LogP contribution < -0.4 is 20.1 Å². The molecule has 0 saturated heterocycles. The van der Waals surface area contributed by atoms with Crippen LogP contribution in [0.4, 0.5) is 5.13 Å². The van der Waals surface area contributed by atoms with Crippen LogP contribution in [0.15, 0.2) is 42.0 Å². The van der Waals surface area contributed by atoms with Crippen LogP contribution in [0.1, 0.15) is 21.9 Å². The van der Waals surface area contributed by atoms with E-state index in [1.54, 1.807) is 25.7 Å². The quantitative estimate of drug-likeness (QED) is 0.537. The van der Waals surface area contributed by atoms with E-state index >= 15 is 0 Å². The van der Waals surface area contributed by atoms with Gasteiger partial charge in [-0.3, -0.25) is 14.9 Å². The summed E-state index contributed by atoms with van der Waals surface area (Å²) in [6.45, 7) is 0.480. The van der Waals surface area contributed by atoms with Crippen molar-refractivity contribution in [3.63, 3.8) is 0 Å². The Hall–Kier alpha value is -3.53. The minimum atomic E-state index is -0.448. The molecule has 2 amide bonds. The van der Waals surface area contributed by atoms with Gasteiger partial charge in [-0.05, 0) is 30.2 Å². The third kappa shape index (κ3) is 5.74. The van der Waals surface area contributed by atoms with E-state index in [1.807, 2.05) is 18.2 Å². The number of carbonyl (C=O) groups excluding carboxylic acids is 2. The van der Waals surface area contributed by atoms with E-state index in [0.29, 0.717) is 35.3 Å². The number of anilines is 1. The fourth-order valence-corrected chi connectivity index (χ4v) is 3.33. The first kappa shape index (κ1) is 21.2. The summed E-state index contributed by atoms with van der Waals surface area (Å²) in [7, 11) is 3.17. The van der Waals surface area contributed by atoms with Crippen LogP contribution in [0.2, 0.25) is 0 Å². The molecule has 0 atom stereocenters. The molecule has 1 aromatic carbocycles. The van der Waals surface area contributed by atoms with E-state index in [-0.39, 0.29) is 18.2 Å². The molecular weight excluding hydrogens is 406 g/mol. The highest BCUT2D eigenvalue weighted by atomic mass is 32.1. The van der Waals surface area contributed by atoms with E-state index in [1.165, 1.54) is 23.7 Å². The van der Waals surface area contributed by atoms with Crippen molar-refractivity contribution in [1.29, 1.82) is 0 Å². The van der Waals surface area contributed by atoms with Gasteiger partial charge in [0.05, 0.1) is 26.3 Å². The smallest absolute Gasteiger partial charge is 0.295 e. The lowest BCUT2D eigenvalue weighted by Gasteiger charge is -2.10. The van der Waals surface area contributed by atoms with Gasteiger partial charge in [0.25, 0.3) is 5.91 Å². The Balaban J connectivity index is 1.46. The zero-order valence-electron chi connectivity index (χ0n) is 16.5. The highest BCUT2D eigenvalue weighted by Crippen LogP contribution is 2.27. The highest BCUT2D eigenvalue weighted by Gasteiger charge is 2.13. The summed E-state index contributed by atoms with van der Waals surface area (Å²) in [6.07, 6.45) is 3.75. The minimum Gasteiger partial charge on any atom is -0.493 e. The molecule has 3 rings (SSSR count). The number of carbonyl (C=O) groups is 2. The molecule has 0 fully saturated rings. The van der Waals surface area contributed by atoms with Gasteiger partial charge in [-0.25, -0.2) is 15.0 Å². The number of hydrogen-bond acceptors (Lipinski definition) is 8. The monoisotopic (exact) mass is 427 g/mol.